The van der Waals surface area contributed by atoms with Crippen LogP contribution in [-0.4, -0.2) is 48.1 Å². The quantitative estimate of drug-likeness (QED) is 0.853. The molecule has 0 aliphatic carbocycles. The number of rotatable bonds is 2. The molecule has 1 aromatic carbocycles. The lowest BCUT2D eigenvalue weighted by molar-refractivity contribution is 0.315. The Morgan fingerprint density at radius 3 is 3.06 bits per heavy atom. The summed E-state index contributed by atoms with van der Waals surface area (Å²) in [5.74, 6) is 0. The first kappa shape index (κ1) is 10.6. The average molecular weight is 230 g/mol. The molecule has 4 nitrogen and oxygen atoms in total. The zero-order valence-electron chi connectivity index (χ0n) is 10.3. The summed E-state index contributed by atoms with van der Waals surface area (Å²) < 4.78 is 0. The van der Waals surface area contributed by atoms with Crippen LogP contribution in [-0.2, 0) is 0 Å². The maximum atomic E-state index is 4.42. The third kappa shape index (κ3) is 1.78. The van der Waals surface area contributed by atoms with Crippen molar-refractivity contribution in [2.75, 3.05) is 32.1 Å². The number of benzene rings is 1. The van der Waals surface area contributed by atoms with Gasteiger partial charge in [0.15, 0.2) is 0 Å². The van der Waals surface area contributed by atoms with Crippen LogP contribution >= 0.6 is 0 Å². The van der Waals surface area contributed by atoms with Crippen molar-refractivity contribution in [3.05, 3.63) is 24.5 Å². The zero-order chi connectivity index (χ0) is 11.8. The molecule has 4 heteroatoms. The lowest BCUT2D eigenvalue weighted by Crippen LogP contribution is -2.31. The van der Waals surface area contributed by atoms with E-state index in [1.165, 1.54) is 12.1 Å². The molecule has 17 heavy (non-hydrogen) atoms. The van der Waals surface area contributed by atoms with Crippen LogP contribution in [0.2, 0.25) is 0 Å². The van der Waals surface area contributed by atoms with Gasteiger partial charge in [0, 0.05) is 19.1 Å². The molecule has 0 saturated carbocycles. The Morgan fingerprint density at radius 1 is 1.41 bits per heavy atom. The maximum absolute atomic E-state index is 4.42. The predicted octanol–water partition coefficient (Wildman–Crippen LogP) is 1.70. The van der Waals surface area contributed by atoms with Crippen molar-refractivity contribution in [3.63, 3.8) is 0 Å². The summed E-state index contributed by atoms with van der Waals surface area (Å²) in [6.45, 7) is 2.22. The van der Waals surface area contributed by atoms with Crippen molar-refractivity contribution in [2.45, 2.75) is 12.5 Å². The summed E-state index contributed by atoms with van der Waals surface area (Å²) >= 11 is 0. The monoisotopic (exact) mass is 230 g/mol. The van der Waals surface area contributed by atoms with Gasteiger partial charge in [0.25, 0.3) is 0 Å². The van der Waals surface area contributed by atoms with Crippen LogP contribution in [0.15, 0.2) is 24.5 Å². The number of aromatic nitrogens is 2. The first-order valence-electron chi connectivity index (χ1n) is 6.09. The number of imidazole rings is 1. The number of hydrogen-bond acceptors (Lipinski definition) is 3. The molecule has 3 rings (SSSR count). The highest BCUT2D eigenvalue weighted by molar-refractivity contribution is 5.88. The Kier molecular flexibility index (Phi) is 2.52. The summed E-state index contributed by atoms with van der Waals surface area (Å²) in [4.78, 5) is 12.3. The molecule has 2 heterocycles. The Balaban J connectivity index is 1.92. The van der Waals surface area contributed by atoms with Gasteiger partial charge in [-0.3, -0.25) is 0 Å². The van der Waals surface area contributed by atoms with E-state index >= 15 is 0 Å². The van der Waals surface area contributed by atoms with E-state index in [2.05, 4.69) is 52.1 Å². The molecule has 0 bridgehead atoms. The summed E-state index contributed by atoms with van der Waals surface area (Å²) in [7, 11) is 4.31. The molecular weight excluding hydrogens is 212 g/mol. The van der Waals surface area contributed by atoms with E-state index in [0.717, 1.165) is 24.1 Å². The van der Waals surface area contributed by atoms with Gasteiger partial charge in [0.1, 0.15) is 5.52 Å². The van der Waals surface area contributed by atoms with Gasteiger partial charge in [0.2, 0.25) is 0 Å². The number of nitrogens with one attached hydrogen (secondary N) is 1. The molecule has 1 fully saturated rings. The molecule has 1 aliphatic heterocycles. The normalized spacial score (nSPS) is 20.6. The fourth-order valence-corrected chi connectivity index (χ4v) is 2.59. The zero-order valence-corrected chi connectivity index (χ0v) is 10.3. The standard InChI is InChI=1S/C13H18N4/c1-16(2)10-6-7-17(8-10)12-5-3-4-11-13(12)15-9-14-11/h3-5,9-10H,6-8H2,1-2H3,(H,14,15). The molecule has 1 N–H and O–H groups in total. The van der Waals surface area contributed by atoms with Gasteiger partial charge in [-0.1, -0.05) is 6.07 Å². The SMILES string of the molecule is CN(C)C1CCN(c2cccc3[nH]cnc23)C1. The highest BCUT2D eigenvalue weighted by Crippen LogP contribution is 2.27. The lowest BCUT2D eigenvalue weighted by Gasteiger charge is -2.22. The molecule has 1 atom stereocenters. The summed E-state index contributed by atoms with van der Waals surface area (Å²) in [6, 6.07) is 7.00. The highest BCUT2D eigenvalue weighted by Gasteiger charge is 2.25. The number of H-pyrrole nitrogens is 1. The number of para-hydroxylation sites is 1. The van der Waals surface area contributed by atoms with E-state index in [-0.39, 0.29) is 0 Å². The van der Waals surface area contributed by atoms with Gasteiger partial charge >= 0.3 is 0 Å². The second-order valence-corrected chi connectivity index (χ2v) is 4.93. The molecule has 0 radical (unpaired) electrons. The topological polar surface area (TPSA) is 35.2 Å². The molecule has 1 saturated heterocycles. The molecule has 0 amide bonds. The Hall–Kier alpha value is -1.55. The fourth-order valence-electron chi connectivity index (χ4n) is 2.59. The van der Waals surface area contributed by atoms with E-state index < -0.39 is 0 Å². The van der Waals surface area contributed by atoms with E-state index in [1.54, 1.807) is 6.33 Å². The van der Waals surface area contributed by atoms with Gasteiger partial charge in [-0.25, -0.2) is 4.98 Å². The Bertz CT molecular complexity index is 517. The molecule has 2 aromatic rings. The van der Waals surface area contributed by atoms with Crippen LogP contribution in [0.1, 0.15) is 6.42 Å². The van der Waals surface area contributed by atoms with Crippen molar-refractivity contribution in [2.24, 2.45) is 0 Å². The number of aromatic amines is 1. The maximum Gasteiger partial charge on any atom is 0.112 e. The predicted molar refractivity (Wildman–Crippen MR) is 70.4 cm³/mol. The highest BCUT2D eigenvalue weighted by atomic mass is 15.2. The Morgan fingerprint density at radius 2 is 2.29 bits per heavy atom. The van der Waals surface area contributed by atoms with Crippen LogP contribution in [0.5, 0.6) is 0 Å². The molecular formula is C13H18N4. The number of likely N-dealkylation sites (N-methyl/N-ethyl adjacent to an activating group) is 1. The minimum atomic E-state index is 0.657. The number of hydrogen-bond donors (Lipinski definition) is 1. The van der Waals surface area contributed by atoms with Crippen molar-refractivity contribution in [3.8, 4) is 0 Å². The van der Waals surface area contributed by atoms with Crippen molar-refractivity contribution in [1.29, 1.82) is 0 Å². The fraction of sp³-hybridized carbons (Fsp3) is 0.462. The van der Waals surface area contributed by atoms with Crippen LogP contribution in [0.25, 0.3) is 11.0 Å². The lowest BCUT2D eigenvalue weighted by atomic mass is 10.2. The van der Waals surface area contributed by atoms with Crippen LogP contribution in [0.3, 0.4) is 0 Å². The van der Waals surface area contributed by atoms with E-state index in [1.807, 2.05) is 0 Å². The number of fused-ring (bicyclic) bond motifs is 1. The molecule has 1 aromatic heterocycles. The van der Waals surface area contributed by atoms with Gasteiger partial charge in [-0.15, -0.1) is 0 Å². The molecule has 90 valence electrons. The number of anilines is 1. The second-order valence-electron chi connectivity index (χ2n) is 4.93. The van der Waals surface area contributed by atoms with Crippen molar-refractivity contribution < 1.29 is 0 Å². The number of nitrogens with zero attached hydrogens (tertiary/aromatic N) is 3. The van der Waals surface area contributed by atoms with E-state index in [4.69, 9.17) is 0 Å². The van der Waals surface area contributed by atoms with Crippen LogP contribution in [0, 0.1) is 0 Å². The first-order chi connectivity index (χ1) is 8.25. The summed E-state index contributed by atoms with van der Waals surface area (Å²) in [5.41, 5.74) is 3.47. The largest absolute Gasteiger partial charge is 0.368 e. The average Bonchev–Trinajstić information content (AvgIpc) is 2.97. The molecule has 1 aliphatic rings. The third-order valence-corrected chi connectivity index (χ3v) is 3.66. The van der Waals surface area contributed by atoms with Crippen molar-refractivity contribution in [1.82, 2.24) is 14.9 Å². The van der Waals surface area contributed by atoms with Gasteiger partial charge in [0.05, 0.1) is 17.5 Å². The molecule has 1 unspecified atom stereocenters. The van der Waals surface area contributed by atoms with Gasteiger partial charge < -0.3 is 14.8 Å². The third-order valence-electron chi connectivity index (χ3n) is 3.66. The smallest absolute Gasteiger partial charge is 0.112 e. The summed E-state index contributed by atoms with van der Waals surface area (Å²) in [6.07, 6.45) is 3.00. The van der Waals surface area contributed by atoms with Gasteiger partial charge in [-0.2, -0.15) is 0 Å². The minimum Gasteiger partial charge on any atom is -0.368 e. The van der Waals surface area contributed by atoms with Gasteiger partial charge in [-0.05, 0) is 32.6 Å². The molecule has 0 spiro atoms. The Labute approximate surface area is 101 Å². The second kappa shape index (κ2) is 4.04. The van der Waals surface area contributed by atoms with Crippen LogP contribution in [0.4, 0.5) is 5.69 Å². The minimum absolute atomic E-state index is 0.657. The van der Waals surface area contributed by atoms with E-state index in [9.17, 15) is 0 Å². The first-order valence-corrected chi connectivity index (χ1v) is 6.09. The van der Waals surface area contributed by atoms with E-state index in [0.29, 0.717) is 6.04 Å². The van der Waals surface area contributed by atoms with Crippen LogP contribution < -0.4 is 4.90 Å². The summed E-state index contributed by atoms with van der Waals surface area (Å²) in [5, 5.41) is 0. The van der Waals surface area contributed by atoms with Crippen molar-refractivity contribution >= 4 is 16.7 Å².